The second-order valence-electron chi connectivity index (χ2n) is 3.89. The second-order valence-corrected chi connectivity index (χ2v) is 3.89. The highest BCUT2D eigenvalue weighted by molar-refractivity contribution is 5.97. The van der Waals surface area contributed by atoms with Crippen LogP contribution in [0.2, 0.25) is 0 Å². The lowest BCUT2D eigenvalue weighted by molar-refractivity contribution is 0.0967. The molecule has 0 unspecified atom stereocenters. The van der Waals surface area contributed by atoms with Crippen molar-refractivity contribution in [1.82, 2.24) is 9.78 Å². The van der Waals surface area contributed by atoms with Crippen LogP contribution < -0.4 is 0 Å². The molecule has 2 rings (SSSR count). The van der Waals surface area contributed by atoms with Gasteiger partial charge in [-0.3, -0.25) is 9.48 Å². The summed E-state index contributed by atoms with van der Waals surface area (Å²) >= 11 is 0. The molecule has 0 saturated heterocycles. The summed E-state index contributed by atoms with van der Waals surface area (Å²) in [5, 5.41) is 4.20. The first-order chi connectivity index (χ1) is 7.66. The van der Waals surface area contributed by atoms with E-state index in [0.717, 1.165) is 16.8 Å². The predicted octanol–water partition coefficient (Wildman–Crippen LogP) is 2.38. The van der Waals surface area contributed by atoms with E-state index in [2.05, 4.69) is 5.10 Å². The summed E-state index contributed by atoms with van der Waals surface area (Å²) in [5.74, 6) is 0.0983. The number of ketones is 1. The minimum Gasteiger partial charge on any atom is -0.292 e. The number of rotatable bonds is 3. The van der Waals surface area contributed by atoms with Gasteiger partial charge in [0.15, 0.2) is 5.78 Å². The average Bonchev–Trinajstić information content (AvgIpc) is 2.64. The third-order valence-corrected chi connectivity index (χ3v) is 2.53. The summed E-state index contributed by atoms with van der Waals surface area (Å²) < 4.78 is 1.67. The summed E-state index contributed by atoms with van der Waals surface area (Å²) in [6, 6.07) is 9.51. The second kappa shape index (κ2) is 4.31. The van der Waals surface area contributed by atoms with Gasteiger partial charge in [-0.25, -0.2) is 0 Å². The van der Waals surface area contributed by atoms with Crippen molar-refractivity contribution in [2.24, 2.45) is 0 Å². The van der Waals surface area contributed by atoms with Crippen molar-refractivity contribution in [3.63, 3.8) is 0 Å². The molecule has 0 radical (unpaired) electrons. The molecule has 82 valence electrons. The zero-order valence-electron chi connectivity index (χ0n) is 9.47. The number of benzene rings is 1. The van der Waals surface area contributed by atoms with Crippen molar-refractivity contribution in [3.8, 4) is 0 Å². The summed E-state index contributed by atoms with van der Waals surface area (Å²) in [6.07, 6.45) is 1.82. The minimum absolute atomic E-state index is 0.0983. The zero-order chi connectivity index (χ0) is 11.5. The van der Waals surface area contributed by atoms with Crippen LogP contribution in [0.1, 0.15) is 21.6 Å². The van der Waals surface area contributed by atoms with E-state index in [1.165, 1.54) is 0 Å². The molecule has 3 heteroatoms. The van der Waals surface area contributed by atoms with Gasteiger partial charge in [0, 0.05) is 11.8 Å². The number of Topliss-reactive ketones (excluding diaryl/α,β-unsaturated/α-hetero) is 1. The Bertz CT molecular complexity index is 514. The highest BCUT2D eigenvalue weighted by Gasteiger charge is 2.09. The minimum atomic E-state index is 0.0983. The molecule has 2 aromatic rings. The molecule has 0 N–H and O–H groups in total. The van der Waals surface area contributed by atoms with E-state index in [1.54, 1.807) is 4.68 Å². The first kappa shape index (κ1) is 10.6. The van der Waals surface area contributed by atoms with Crippen LogP contribution in [-0.2, 0) is 6.54 Å². The first-order valence-electron chi connectivity index (χ1n) is 5.26. The maximum Gasteiger partial charge on any atom is 0.184 e. The summed E-state index contributed by atoms with van der Waals surface area (Å²) in [5.41, 5.74) is 2.71. The lowest BCUT2D eigenvalue weighted by Crippen LogP contribution is -2.12. The highest BCUT2D eigenvalue weighted by Crippen LogP contribution is 2.09. The molecule has 0 aliphatic heterocycles. The number of carbonyl (C=O) groups is 1. The molecule has 0 saturated carbocycles. The third kappa shape index (κ3) is 2.19. The van der Waals surface area contributed by atoms with Crippen LogP contribution in [0.3, 0.4) is 0 Å². The molecule has 16 heavy (non-hydrogen) atoms. The molecule has 3 nitrogen and oxygen atoms in total. The molecule has 0 fully saturated rings. The highest BCUT2D eigenvalue weighted by atomic mass is 16.1. The standard InChI is InChI=1S/C13H14N2O/c1-10-5-3-4-6-12(10)13(16)9-15-8-7-11(2)14-15/h3-8H,9H2,1-2H3. The fourth-order valence-corrected chi connectivity index (χ4v) is 1.67. The SMILES string of the molecule is Cc1ccn(CC(=O)c2ccccc2C)n1. The molecule has 0 amide bonds. The summed E-state index contributed by atoms with van der Waals surface area (Å²) in [4.78, 5) is 12.0. The van der Waals surface area contributed by atoms with Gasteiger partial charge in [0.2, 0.25) is 0 Å². The number of aryl methyl sites for hydroxylation is 2. The Morgan fingerprint density at radius 2 is 2.00 bits per heavy atom. The molecule has 0 atom stereocenters. The Balaban J connectivity index is 2.18. The number of hydrogen-bond donors (Lipinski definition) is 0. The number of carbonyl (C=O) groups excluding carboxylic acids is 1. The van der Waals surface area contributed by atoms with Crippen LogP contribution >= 0.6 is 0 Å². The van der Waals surface area contributed by atoms with Crippen molar-refractivity contribution < 1.29 is 4.79 Å². The molecule has 1 aromatic carbocycles. The normalized spacial score (nSPS) is 10.4. The van der Waals surface area contributed by atoms with Crippen LogP contribution in [0.25, 0.3) is 0 Å². The molecule has 1 heterocycles. The predicted molar refractivity (Wildman–Crippen MR) is 62.5 cm³/mol. The number of hydrogen-bond acceptors (Lipinski definition) is 2. The maximum absolute atomic E-state index is 12.0. The monoisotopic (exact) mass is 214 g/mol. The van der Waals surface area contributed by atoms with Crippen molar-refractivity contribution in [2.75, 3.05) is 0 Å². The van der Waals surface area contributed by atoms with Crippen LogP contribution in [0, 0.1) is 13.8 Å². The quantitative estimate of drug-likeness (QED) is 0.735. The van der Waals surface area contributed by atoms with Crippen LogP contribution in [0.15, 0.2) is 36.5 Å². The number of nitrogens with zero attached hydrogens (tertiary/aromatic N) is 2. The molecule has 0 aliphatic rings. The van der Waals surface area contributed by atoms with E-state index in [-0.39, 0.29) is 5.78 Å². The van der Waals surface area contributed by atoms with Crippen LogP contribution in [-0.4, -0.2) is 15.6 Å². The topological polar surface area (TPSA) is 34.9 Å². The maximum atomic E-state index is 12.0. The molecule has 0 aliphatic carbocycles. The van der Waals surface area contributed by atoms with E-state index in [9.17, 15) is 4.79 Å². The lowest BCUT2D eigenvalue weighted by atomic mass is 10.1. The fraction of sp³-hybridized carbons (Fsp3) is 0.231. The fourth-order valence-electron chi connectivity index (χ4n) is 1.67. The zero-order valence-corrected chi connectivity index (χ0v) is 9.47. The van der Waals surface area contributed by atoms with Gasteiger partial charge in [-0.1, -0.05) is 24.3 Å². The van der Waals surface area contributed by atoms with E-state index in [4.69, 9.17) is 0 Å². The third-order valence-electron chi connectivity index (χ3n) is 2.53. The lowest BCUT2D eigenvalue weighted by Gasteiger charge is -2.04. The number of aromatic nitrogens is 2. The Morgan fingerprint density at radius 1 is 1.25 bits per heavy atom. The Morgan fingerprint density at radius 3 is 2.62 bits per heavy atom. The van der Waals surface area contributed by atoms with Gasteiger partial charge in [0.05, 0.1) is 5.69 Å². The van der Waals surface area contributed by atoms with Gasteiger partial charge in [0.1, 0.15) is 6.54 Å². The largest absolute Gasteiger partial charge is 0.292 e. The van der Waals surface area contributed by atoms with E-state index >= 15 is 0 Å². The smallest absolute Gasteiger partial charge is 0.184 e. The van der Waals surface area contributed by atoms with E-state index in [1.807, 2.05) is 50.4 Å². The van der Waals surface area contributed by atoms with Gasteiger partial charge < -0.3 is 0 Å². The van der Waals surface area contributed by atoms with Crippen LogP contribution in [0.5, 0.6) is 0 Å². The molecular formula is C13H14N2O. The molecule has 0 bridgehead atoms. The Kier molecular flexibility index (Phi) is 2.86. The van der Waals surface area contributed by atoms with Gasteiger partial charge in [-0.05, 0) is 25.5 Å². The first-order valence-corrected chi connectivity index (χ1v) is 5.26. The molecule has 0 spiro atoms. The van der Waals surface area contributed by atoms with Gasteiger partial charge in [0.25, 0.3) is 0 Å². The van der Waals surface area contributed by atoms with E-state index in [0.29, 0.717) is 6.54 Å². The van der Waals surface area contributed by atoms with Crippen LogP contribution in [0.4, 0.5) is 0 Å². The molecular weight excluding hydrogens is 200 g/mol. The van der Waals surface area contributed by atoms with E-state index < -0.39 is 0 Å². The molecule has 1 aromatic heterocycles. The van der Waals surface area contributed by atoms with Gasteiger partial charge in [-0.15, -0.1) is 0 Å². The summed E-state index contributed by atoms with van der Waals surface area (Å²) in [6.45, 7) is 4.16. The van der Waals surface area contributed by atoms with Crippen molar-refractivity contribution in [3.05, 3.63) is 53.3 Å². The average molecular weight is 214 g/mol. The van der Waals surface area contributed by atoms with Gasteiger partial charge in [-0.2, -0.15) is 5.10 Å². The Hall–Kier alpha value is -1.90. The summed E-state index contributed by atoms with van der Waals surface area (Å²) in [7, 11) is 0. The van der Waals surface area contributed by atoms with Crippen molar-refractivity contribution in [2.45, 2.75) is 20.4 Å². The Labute approximate surface area is 94.7 Å². The van der Waals surface area contributed by atoms with Gasteiger partial charge >= 0.3 is 0 Å². The van der Waals surface area contributed by atoms with Crippen molar-refractivity contribution >= 4 is 5.78 Å². The van der Waals surface area contributed by atoms with Crippen molar-refractivity contribution in [1.29, 1.82) is 0 Å².